The predicted molar refractivity (Wildman–Crippen MR) is 86.0 cm³/mol. The van der Waals surface area contributed by atoms with E-state index >= 15 is 0 Å². The molecule has 20 heavy (non-hydrogen) atoms. The molecule has 1 aromatic carbocycles. The lowest BCUT2D eigenvalue weighted by atomic mass is 9.94. The van der Waals surface area contributed by atoms with Crippen LogP contribution in [0.1, 0.15) is 43.0 Å². The van der Waals surface area contributed by atoms with Gasteiger partial charge in [0.1, 0.15) is 0 Å². The maximum atomic E-state index is 6.13. The van der Waals surface area contributed by atoms with E-state index in [-0.39, 0.29) is 6.04 Å². The van der Waals surface area contributed by atoms with Gasteiger partial charge in [-0.1, -0.05) is 25.1 Å². The lowest BCUT2D eigenvalue weighted by molar-refractivity contribution is 0.0898. The predicted octanol–water partition coefficient (Wildman–Crippen LogP) is 3.05. The van der Waals surface area contributed by atoms with Crippen LogP contribution in [0.15, 0.2) is 18.2 Å². The molecule has 3 nitrogen and oxygen atoms in total. The molecule has 0 aliphatic heterocycles. The molecule has 0 heterocycles. The molecule has 0 bridgehead atoms. The van der Waals surface area contributed by atoms with Gasteiger partial charge in [-0.05, 0) is 43.9 Å². The minimum absolute atomic E-state index is 0.265. The second-order valence-corrected chi connectivity index (χ2v) is 5.54. The van der Waals surface area contributed by atoms with E-state index < -0.39 is 0 Å². The molecule has 1 aromatic rings. The van der Waals surface area contributed by atoms with E-state index in [1.165, 1.54) is 16.7 Å². The van der Waals surface area contributed by atoms with Crippen LogP contribution >= 0.6 is 0 Å². The summed E-state index contributed by atoms with van der Waals surface area (Å²) in [5.41, 5.74) is 10.2. The summed E-state index contributed by atoms with van der Waals surface area (Å²) in [5, 5.41) is 0. The molecule has 0 saturated carbocycles. The Bertz CT molecular complexity index is 386. The first kappa shape index (κ1) is 17.2. The molecule has 114 valence electrons. The van der Waals surface area contributed by atoms with Crippen molar-refractivity contribution >= 4 is 0 Å². The number of nitrogens with two attached hydrogens (primary N) is 1. The molecular weight excluding hydrogens is 248 g/mol. The van der Waals surface area contributed by atoms with E-state index in [4.69, 9.17) is 10.5 Å². The normalized spacial score (nSPS) is 14.6. The minimum atomic E-state index is 0.265. The van der Waals surface area contributed by atoms with Crippen molar-refractivity contribution in [3.63, 3.8) is 0 Å². The quantitative estimate of drug-likeness (QED) is 0.794. The highest BCUT2D eigenvalue weighted by atomic mass is 16.5. The third-order valence-corrected chi connectivity index (χ3v) is 4.21. The van der Waals surface area contributed by atoms with Gasteiger partial charge >= 0.3 is 0 Å². The summed E-state index contributed by atoms with van der Waals surface area (Å²) in [6, 6.07) is 7.23. The van der Waals surface area contributed by atoms with Crippen LogP contribution in [0.25, 0.3) is 0 Å². The number of hydrogen-bond acceptors (Lipinski definition) is 3. The number of rotatable bonds is 8. The van der Waals surface area contributed by atoms with E-state index in [2.05, 4.69) is 50.8 Å². The van der Waals surface area contributed by atoms with Crippen LogP contribution < -0.4 is 5.73 Å². The maximum absolute atomic E-state index is 6.13. The first-order valence-corrected chi connectivity index (χ1v) is 7.57. The molecule has 0 aliphatic rings. The fourth-order valence-electron chi connectivity index (χ4n) is 2.89. The van der Waals surface area contributed by atoms with E-state index in [0.717, 1.165) is 19.6 Å². The van der Waals surface area contributed by atoms with Crippen LogP contribution in [0.4, 0.5) is 0 Å². The van der Waals surface area contributed by atoms with Gasteiger partial charge in [0.05, 0.1) is 6.61 Å². The average Bonchev–Trinajstić information content (AvgIpc) is 2.44. The minimum Gasteiger partial charge on any atom is -0.383 e. The number of methoxy groups -OCH3 is 1. The Hall–Kier alpha value is -0.900. The summed E-state index contributed by atoms with van der Waals surface area (Å²) in [6.07, 6.45) is 1.12. The van der Waals surface area contributed by atoms with Gasteiger partial charge < -0.3 is 10.5 Å². The van der Waals surface area contributed by atoms with Gasteiger partial charge in [-0.15, -0.1) is 0 Å². The summed E-state index contributed by atoms with van der Waals surface area (Å²) in [5.74, 6) is 0. The highest BCUT2D eigenvalue weighted by Gasteiger charge is 2.25. The Morgan fingerprint density at radius 1 is 1.25 bits per heavy atom. The largest absolute Gasteiger partial charge is 0.383 e. The first-order chi connectivity index (χ1) is 9.56. The van der Waals surface area contributed by atoms with Crippen molar-refractivity contribution in [1.29, 1.82) is 0 Å². The van der Waals surface area contributed by atoms with E-state index in [9.17, 15) is 0 Å². The molecule has 0 amide bonds. The van der Waals surface area contributed by atoms with Gasteiger partial charge in [-0.25, -0.2) is 0 Å². The number of benzene rings is 1. The van der Waals surface area contributed by atoms with Crippen molar-refractivity contribution in [1.82, 2.24) is 4.90 Å². The standard InChI is InChI=1S/C17H30N2O/c1-6-15(4)19(10-11-20-5)16(12-18)17-13(2)8-7-9-14(17)3/h7-9,15-16H,6,10-12,18H2,1-5H3. The summed E-state index contributed by atoms with van der Waals surface area (Å²) in [4.78, 5) is 2.48. The van der Waals surface area contributed by atoms with Crippen molar-refractivity contribution in [2.45, 2.75) is 46.2 Å². The average molecular weight is 278 g/mol. The number of aryl methyl sites for hydroxylation is 2. The van der Waals surface area contributed by atoms with Crippen LogP contribution in [0, 0.1) is 13.8 Å². The van der Waals surface area contributed by atoms with Crippen molar-refractivity contribution in [3.8, 4) is 0 Å². The monoisotopic (exact) mass is 278 g/mol. The summed E-state index contributed by atoms with van der Waals surface area (Å²) in [7, 11) is 1.76. The first-order valence-electron chi connectivity index (χ1n) is 7.57. The third-order valence-electron chi connectivity index (χ3n) is 4.21. The second kappa shape index (κ2) is 8.40. The Balaban J connectivity index is 3.11. The van der Waals surface area contributed by atoms with Crippen molar-refractivity contribution in [3.05, 3.63) is 34.9 Å². The fraction of sp³-hybridized carbons (Fsp3) is 0.647. The third kappa shape index (κ3) is 4.05. The maximum Gasteiger partial charge on any atom is 0.0590 e. The van der Waals surface area contributed by atoms with Crippen molar-refractivity contribution in [2.24, 2.45) is 5.73 Å². The van der Waals surface area contributed by atoms with Gasteiger partial charge in [0, 0.05) is 32.3 Å². The lowest BCUT2D eigenvalue weighted by Gasteiger charge is -2.37. The Labute approximate surface area is 124 Å². The topological polar surface area (TPSA) is 38.5 Å². The molecule has 2 N–H and O–H groups in total. The Morgan fingerprint density at radius 3 is 2.30 bits per heavy atom. The van der Waals surface area contributed by atoms with E-state index in [1.807, 2.05) is 0 Å². The molecule has 0 aliphatic carbocycles. The molecule has 1 rings (SSSR count). The molecule has 0 radical (unpaired) electrons. The van der Waals surface area contributed by atoms with Gasteiger partial charge in [0.2, 0.25) is 0 Å². The number of ether oxygens (including phenoxy) is 1. The van der Waals surface area contributed by atoms with Crippen LogP contribution in [0.5, 0.6) is 0 Å². The molecule has 0 aromatic heterocycles. The Kier molecular flexibility index (Phi) is 7.20. The van der Waals surface area contributed by atoms with Crippen molar-refractivity contribution in [2.75, 3.05) is 26.8 Å². The van der Waals surface area contributed by atoms with Crippen molar-refractivity contribution < 1.29 is 4.74 Å². The smallest absolute Gasteiger partial charge is 0.0590 e. The second-order valence-electron chi connectivity index (χ2n) is 5.54. The highest BCUT2D eigenvalue weighted by Crippen LogP contribution is 2.28. The molecule has 2 atom stereocenters. The molecule has 0 spiro atoms. The molecule has 3 heteroatoms. The van der Waals surface area contributed by atoms with Crippen LogP contribution in [-0.4, -0.2) is 37.7 Å². The van der Waals surface area contributed by atoms with Crippen LogP contribution in [-0.2, 0) is 4.74 Å². The lowest BCUT2D eigenvalue weighted by Crippen LogP contribution is -2.42. The summed E-state index contributed by atoms with van der Waals surface area (Å²) < 4.78 is 5.28. The van der Waals surface area contributed by atoms with E-state index in [1.54, 1.807) is 7.11 Å². The van der Waals surface area contributed by atoms with Gasteiger partial charge in [0.15, 0.2) is 0 Å². The van der Waals surface area contributed by atoms with Gasteiger partial charge in [0.25, 0.3) is 0 Å². The zero-order chi connectivity index (χ0) is 15.1. The highest BCUT2D eigenvalue weighted by molar-refractivity contribution is 5.36. The number of hydrogen-bond donors (Lipinski definition) is 1. The SMILES string of the molecule is CCC(C)N(CCOC)C(CN)c1c(C)cccc1C. The summed E-state index contributed by atoms with van der Waals surface area (Å²) in [6.45, 7) is 11.1. The molecule has 0 saturated heterocycles. The molecule has 2 unspecified atom stereocenters. The van der Waals surface area contributed by atoms with Crippen LogP contribution in [0.3, 0.4) is 0 Å². The number of nitrogens with zero attached hydrogens (tertiary/aromatic N) is 1. The van der Waals surface area contributed by atoms with Gasteiger partial charge in [-0.3, -0.25) is 4.90 Å². The fourth-order valence-corrected chi connectivity index (χ4v) is 2.89. The van der Waals surface area contributed by atoms with Gasteiger partial charge in [-0.2, -0.15) is 0 Å². The van der Waals surface area contributed by atoms with E-state index in [0.29, 0.717) is 12.6 Å². The Morgan fingerprint density at radius 2 is 1.85 bits per heavy atom. The zero-order valence-corrected chi connectivity index (χ0v) is 13.6. The zero-order valence-electron chi connectivity index (χ0n) is 13.6. The molecule has 0 fully saturated rings. The summed E-state index contributed by atoms with van der Waals surface area (Å²) >= 11 is 0. The van der Waals surface area contributed by atoms with Crippen LogP contribution in [0.2, 0.25) is 0 Å². The molecular formula is C17H30N2O.